The molecule has 19 heavy (non-hydrogen) atoms. The zero-order valence-corrected chi connectivity index (χ0v) is 11.6. The lowest BCUT2D eigenvalue weighted by Gasteiger charge is -2.29. The van der Waals surface area contributed by atoms with Gasteiger partial charge in [0.15, 0.2) is 0 Å². The van der Waals surface area contributed by atoms with Gasteiger partial charge in [-0.05, 0) is 25.0 Å². The molecule has 0 atom stereocenters. The first-order valence-corrected chi connectivity index (χ1v) is 6.79. The van der Waals surface area contributed by atoms with E-state index in [0.29, 0.717) is 0 Å². The molecular formula is C15H21N3O. The number of nitrogens with one attached hydrogen (secondary N) is 1. The second-order valence-electron chi connectivity index (χ2n) is 4.96. The van der Waals surface area contributed by atoms with E-state index in [4.69, 9.17) is 0 Å². The molecule has 0 aliphatic heterocycles. The van der Waals surface area contributed by atoms with Crippen LogP contribution in [0.3, 0.4) is 0 Å². The number of aliphatic hydroxyl groups is 1. The summed E-state index contributed by atoms with van der Waals surface area (Å²) in [4.78, 5) is 8.56. The molecule has 0 unspecified atom stereocenters. The minimum atomic E-state index is -0.0773. The molecule has 4 heteroatoms. The van der Waals surface area contributed by atoms with Gasteiger partial charge in [0.25, 0.3) is 0 Å². The molecule has 1 aromatic carbocycles. The third-order valence-corrected chi connectivity index (χ3v) is 4.01. The monoisotopic (exact) mass is 259 g/mol. The van der Waals surface area contributed by atoms with E-state index in [1.807, 2.05) is 24.3 Å². The van der Waals surface area contributed by atoms with Crippen molar-refractivity contribution in [3.8, 4) is 0 Å². The normalized spacial score (nSPS) is 11.7. The van der Waals surface area contributed by atoms with Crippen LogP contribution in [0.2, 0.25) is 0 Å². The zero-order chi connectivity index (χ0) is 13.7. The number of rotatable bonds is 6. The van der Waals surface area contributed by atoms with Crippen molar-refractivity contribution in [1.29, 1.82) is 0 Å². The molecule has 0 aliphatic rings. The van der Waals surface area contributed by atoms with E-state index in [-0.39, 0.29) is 12.0 Å². The van der Waals surface area contributed by atoms with E-state index in [2.05, 4.69) is 29.1 Å². The van der Waals surface area contributed by atoms with Crippen molar-refractivity contribution < 1.29 is 5.11 Å². The van der Waals surface area contributed by atoms with Gasteiger partial charge in [-0.2, -0.15) is 0 Å². The summed E-state index contributed by atoms with van der Waals surface area (Å²) in [6.07, 6.45) is 3.45. The third-order valence-electron chi connectivity index (χ3n) is 4.01. The zero-order valence-electron chi connectivity index (χ0n) is 11.6. The molecule has 2 aromatic rings. The molecule has 2 rings (SSSR count). The molecule has 0 saturated heterocycles. The Hall–Kier alpha value is -1.68. The number of anilines is 1. The SMILES string of the molecule is CCC(CC)(CO)CNc1ncnc2ccccc12. The van der Waals surface area contributed by atoms with E-state index in [0.717, 1.165) is 36.1 Å². The summed E-state index contributed by atoms with van der Waals surface area (Å²) in [6.45, 7) is 5.13. The van der Waals surface area contributed by atoms with Crippen molar-refractivity contribution in [3.63, 3.8) is 0 Å². The predicted octanol–water partition coefficient (Wildman–Crippen LogP) is 2.84. The van der Waals surface area contributed by atoms with Crippen LogP contribution in [0.25, 0.3) is 10.9 Å². The van der Waals surface area contributed by atoms with Gasteiger partial charge in [0.05, 0.1) is 12.1 Å². The first-order valence-electron chi connectivity index (χ1n) is 6.79. The molecule has 2 N–H and O–H groups in total. The van der Waals surface area contributed by atoms with Crippen LogP contribution < -0.4 is 5.32 Å². The number of fused-ring (bicyclic) bond motifs is 1. The van der Waals surface area contributed by atoms with Crippen LogP contribution >= 0.6 is 0 Å². The van der Waals surface area contributed by atoms with Gasteiger partial charge in [0.2, 0.25) is 0 Å². The highest BCUT2D eigenvalue weighted by atomic mass is 16.3. The topological polar surface area (TPSA) is 58.0 Å². The van der Waals surface area contributed by atoms with Gasteiger partial charge in [-0.25, -0.2) is 9.97 Å². The lowest BCUT2D eigenvalue weighted by molar-refractivity contribution is 0.127. The second-order valence-corrected chi connectivity index (χ2v) is 4.96. The molecule has 0 aliphatic carbocycles. The van der Waals surface area contributed by atoms with E-state index < -0.39 is 0 Å². The summed E-state index contributed by atoms with van der Waals surface area (Å²) in [6, 6.07) is 7.93. The number of benzene rings is 1. The first-order chi connectivity index (χ1) is 9.24. The van der Waals surface area contributed by atoms with E-state index in [1.54, 1.807) is 6.33 Å². The largest absolute Gasteiger partial charge is 0.396 e. The fourth-order valence-corrected chi connectivity index (χ4v) is 2.20. The minimum absolute atomic E-state index is 0.0773. The number of aliphatic hydroxyl groups excluding tert-OH is 1. The molecule has 0 bridgehead atoms. The molecule has 1 aromatic heterocycles. The van der Waals surface area contributed by atoms with Crippen LogP contribution in [0.15, 0.2) is 30.6 Å². The maximum atomic E-state index is 9.60. The van der Waals surface area contributed by atoms with Crippen LogP contribution in [0.4, 0.5) is 5.82 Å². The van der Waals surface area contributed by atoms with Gasteiger partial charge >= 0.3 is 0 Å². The Bertz CT molecular complexity index is 524. The van der Waals surface area contributed by atoms with Crippen LogP contribution in [-0.4, -0.2) is 28.2 Å². The molecule has 102 valence electrons. The molecule has 4 nitrogen and oxygen atoms in total. The van der Waals surface area contributed by atoms with Crippen LogP contribution in [0.5, 0.6) is 0 Å². The highest BCUT2D eigenvalue weighted by molar-refractivity contribution is 5.88. The number of hydrogen-bond acceptors (Lipinski definition) is 4. The highest BCUT2D eigenvalue weighted by Crippen LogP contribution is 2.27. The van der Waals surface area contributed by atoms with Crippen molar-refractivity contribution in [2.75, 3.05) is 18.5 Å². The Morgan fingerprint density at radius 2 is 1.89 bits per heavy atom. The Labute approximate surface area is 113 Å². The third kappa shape index (κ3) is 2.84. The van der Waals surface area contributed by atoms with E-state index in [1.165, 1.54) is 0 Å². The Morgan fingerprint density at radius 1 is 1.16 bits per heavy atom. The number of nitrogens with zero attached hydrogens (tertiary/aromatic N) is 2. The summed E-state index contributed by atoms with van der Waals surface area (Å²) in [5.74, 6) is 0.838. The maximum Gasteiger partial charge on any atom is 0.137 e. The highest BCUT2D eigenvalue weighted by Gasteiger charge is 2.25. The van der Waals surface area contributed by atoms with Crippen LogP contribution in [-0.2, 0) is 0 Å². The standard InChI is InChI=1S/C15H21N3O/c1-3-15(4-2,10-19)9-16-14-12-7-5-6-8-13(12)17-11-18-14/h5-8,11,19H,3-4,9-10H2,1-2H3,(H,16,17,18). The van der Waals surface area contributed by atoms with Crippen molar-refractivity contribution in [1.82, 2.24) is 9.97 Å². The number of aromatic nitrogens is 2. The van der Waals surface area contributed by atoms with Gasteiger partial charge in [-0.3, -0.25) is 0 Å². The Balaban J connectivity index is 2.22. The van der Waals surface area contributed by atoms with E-state index >= 15 is 0 Å². The molecule has 0 amide bonds. The van der Waals surface area contributed by atoms with Crippen molar-refractivity contribution in [2.24, 2.45) is 5.41 Å². The lowest BCUT2D eigenvalue weighted by Crippen LogP contribution is -2.32. The van der Waals surface area contributed by atoms with Crippen molar-refractivity contribution in [2.45, 2.75) is 26.7 Å². The summed E-state index contributed by atoms with van der Waals surface area (Å²) in [5, 5.41) is 14.0. The van der Waals surface area contributed by atoms with Crippen molar-refractivity contribution >= 4 is 16.7 Å². The van der Waals surface area contributed by atoms with Crippen LogP contribution in [0, 0.1) is 5.41 Å². The van der Waals surface area contributed by atoms with Gasteiger partial charge in [0.1, 0.15) is 12.1 Å². The molecule has 0 fully saturated rings. The molecular weight excluding hydrogens is 238 g/mol. The average Bonchev–Trinajstić information content (AvgIpc) is 2.49. The summed E-state index contributed by atoms with van der Waals surface area (Å²) in [7, 11) is 0. The van der Waals surface area contributed by atoms with E-state index in [9.17, 15) is 5.11 Å². The van der Waals surface area contributed by atoms with Crippen molar-refractivity contribution in [3.05, 3.63) is 30.6 Å². The Morgan fingerprint density at radius 3 is 2.58 bits per heavy atom. The number of hydrogen-bond donors (Lipinski definition) is 2. The fraction of sp³-hybridized carbons (Fsp3) is 0.467. The Kier molecular flexibility index (Phi) is 4.32. The lowest BCUT2D eigenvalue weighted by atomic mass is 9.83. The minimum Gasteiger partial charge on any atom is -0.396 e. The van der Waals surface area contributed by atoms with Gasteiger partial charge < -0.3 is 10.4 Å². The molecule has 0 spiro atoms. The fourth-order valence-electron chi connectivity index (χ4n) is 2.20. The molecule has 1 heterocycles. The first kappa shape index (κ1) is 13.7. The van der Waals surface area contributed by atoms with Gasteiger partial charge in [-0.1, -0.05) is 26.0 Å². The van der Waals surface area contributed by atoms with Gasteiger partial charge in [0, 0.05) is 17.3 Å². The maximum absolute atomic E-state index is 9.60. The predicted molar refractivity (Wildman–Crippen MR) is 78.1 cm³/mol. The summed E-state index contributed by atoms with van der Waals surface area (Å²) < 4.78 is 0. The summed E-state index contributed by atoms with van der Waals surface area (Å²) in [5.41, 5.74) is 0.856. The second kappa shape index (κ2) is 5.97. The summed E-state index contributed by atoms with van der Waals surface area (Å²) >= 11 is 0. The average molecular weight is 259 g/mol. The molecule has 0 saturated carbocycles. The van der Waals surface area contributed by atoms with Gasteiger partial charge in [-0.15, -0.1) is 0 Å². The van der Waals surface area contributed by atoms with Crippen LogP contribution in [0.1, 0.15) is 26.7 Å². The molecule has 0 radical (unpaired) electrons. The quantitative estimate of drug-likeness (QED) is 0.837. The number of para-hydroxylation sites is 1. The smallest absolute Gasteiger partial charge is 0.137 e.